The number of hydrogen-bond donors (Lipinski definition) is 2. The molecular formula is C13H18FNO3. The summed E-state index contributed by atoms with van der Waals surface area (Å²) in [4.78, 5) is 10.7. The van der Waals surface area contributed by atoms with Gasteiger partial charge in [0.25, 0.3) is 0 Å². The molecule has 4 nitrogen and oxygen atoms in total. The van der Waals surface area contributed by atoms with Crippen molar-refractivity contribution in [3.8, 4) is 5.75 Å². The third-order valence-electron chi connectivity index (χ3n) is 2.55. The molecule has 0 aliphatic carbocycles. The number of carboxylic acids is 1. The lowest BCUT2D eigenvalue weighted by atomic mass is 9.89. The van der Waals surface area contributed by atoms with Crippen LogP contribution in [-0.4, -0.2) is 24.7 Å². The first-order valence-electron chi connectivity index (χ1n) is 5.63. The smallest absolute Gasteiger partial charge is 0.303 e. The highest BCUT2D eigenvalue weighted by Crippen LogP contribution is 2.24. The van der Waals surface area contributed by atoms with Gasteiger partial charge in [-0.05, 0) is 17.5 Å². The molecule has 5 heteroatoms. The largest absolute Gasteiger partial charge is 0.494 e. The van der Waals surface area contributed by atoms with Crippen LogP contribution < -0.4 is 10.1 Å². The summed E-state index contributed by atoms with van der Waals surface area (Å²) in [7, 11) is 1.40. The molecule has 1 aromatic carbocycles. The van der Waals surface area contributed by atoms with Crippen molar-refractivity contribution in [3.63, 3.8) is 0 Å². The van der Waals surface area contributed by atoms with Gasteiger partial charge in [0, 0.05) is 18.3 Å². The Balaban J connectivity index is 2.63. The Labute approximate surface area is 106 Å². The molecule has 0 heterocycles. The van der Waals surface area contributed by atoms with Gasteiger partial charge in [0.1, 0.15) is 0 Å². The molecule has 0 aliphatic heterocycles. The van der Waals surface area contributed by atoms with E-state index < -0.39 is 17.2 Å². The van der Waals surface area contributed by atoms with Crippen molar-refractivity contribution >= 4 is 11.7 Å². The van der Waals surface area contributed by atoms with Crippen molar-refractivity contribution in [1.82, 2.24) is 0 Å². The number of carbonyl (C=O) groups is 1. The van der Waals surface area contributed by atoms with E-state index in [9.17, 15) is 9.18 Å². The number of hydrogen-bond acceptors (Lipinski definition) is 3. The normalized spacial score (nSPS) is 11.1. The second kappa shape index (κ2) is 5.71. The summed E-state index contributed by atoms with van der Waals surface area (Å²) in [6.07, 6.45) is 0.0542. The van der Waals surface area contributed by atoms with Crippen LogP contribution in [0.4, 0.5) is 10.1 Å². The standard InChI is InChI=1S/C13H18FNO3/c1-13(2,7-12(16)17)8-15-9-4-5-11(18-3)10(14)6-9/h4-6,15H,7-8H2,1-3H3,(H,16,17). The second-order valence-electron chi connectivity index (χ2n) is 4.94. The van der Waals surface area contributed by atoms with Gasteiger partial charge in [-0.15, -0.1) is 0 Å². The first kappa shape index (κ1) is 14.3. The topological polar surface area (TPSA) is 58.6 Å². The zero-order valence-corrected chi connectivity index (χ0v) is 10.8. The number of ether oxygens (including phenoxy) is 1. The number of benzene rings is 1. The first-order valence-corrected chi connectivity index (χ1v) is 5.63. The number of carboxylic acid groups (broad SMARTS) is 1. The van der Waals surface area contributed by atoms with Crippen LogP contribution in [0, 0.1) is 11.2 Å². The third kappa shape index (κ3) is 4.24. The lowest BCUT2D eigenvalue weighted by molar-refractivity contribution is -0.139. The van der Waals surface area contributed by atoms with Gasteiger partial charge in [0.2, 0.25) is 0 Å². The van der Waals surface area contributed by atoms with Crippen LogP contribution in [-0.2, 0) is 4.79 Å². The van der Waals surface area contributed by atoms with Crippen LogP contribution >= 0.6 is 0 Å². The van der Waals surface area contributed by atoms with Gasteiger partial charge in [-0.1, -0.05) is 13.8 Å². The van der Waals surface area contributed by atoms with Crippen molar-refractivity contribution in [3.05, 3.63) is 24.0 Å². The minimum absolute atomic E-state index is 0.0542. The molecule has 18 heavy (non-hydrogen) atoms. The van der Waals surface area contributed by atoms with Gasteiger partial charge in [-0.2, -0.15) is 0 Å². The summed E-state index contributed by atoms with van der Waals surface area (Å²) in [5.41, 5.74) is 0.203. The van der Waals surface area contributed by atoms with E-state index in [1.54, 1.807) is 6.07 Å². The van der Waals surface area contributed by atoms with E-state index in [1.807, 2.05) is 13.8 Å². The molecule has 1 aromatic rings. The molecule has 0 atom stereocenters. The second-order valence-corrected chi connectivity index (χ2v) is 4.94. The summed E-state index contributed by atoms with van der Waals surface area (Å²) in [5.74, 6) is -1.11. The van der Waals surface area contributed by atoms with Gasteiger partial charge in [0.05, 0.1) is 13.5 Å². The Bertz CT molecular complexity index is 432. The van der Waals surface area contributed by atoms with Crippen LogP contribution in [0.5, 0.6) is 5.75 Å². The quantitative estimate of drug-likeness (QED) is 0.820. The van der Waals surface area contributed by atoms with E-state index in [1.165, 1.54) is 19.2 Å². The predicted octanol–water partition coefficient (Wildman–Crippen LogP) is 2.75. The number of halogens is 1. The fraction of sp³-hybridized carbons (Fsp3) is 0.462. The predicted molar refractivity (Wildman–Crippen MR) is 67.5 cm³/mol. The minimum Gasteiger partial charge on any atom is -0.494 e. The van der Waals surface area contributed by atoms with Crippen molar-refractivity contribution in [1.29, 1.82) is 0 Å². The van der Waals surface area contributed by atoms with Crippen LogP contribution in [0.1, 0.15) is 20.3 Å². The van der Waals surface area contributed by atoms with Gasteiger partial charge >= 0.3 is 5.97 Å². The van der Waals surface area contributed by atoms with E-state index >= 15 is 0 Å². The SMILES string of the molecule is COc1ccc(NCC(C)(C)CC(=O)O)cc1F. The molecule has 0 spiro atoms. The maximum Gasteiger partial charge on any atom is 0.303 e. The molecule has 0 saturated carbocycles. The van der Waals surface area contributed by atoms with Crippen LogP contribution in [0.2, 0.25) is 0 Å². The highest BCUT2D eigenvalue weighted by Gasteiger charge is 2.21. The Kier molecular flexibility index (Phi) is 4.53. The van der Waals surface area contributed by atoms with Gasteiger partial charge in [-0.25, -0.2) is 4.39 Å². The average molecular weight is 255 g/mol. The maximum absolute atomic E-state index is 13.4. The molecule has 0 amide bonds. The van der Waals surface area contributed by atoms with E-state index in [0.717, 1.165) is 0 Å². The molecule has 0 aromatic heterocycles. The highest BCUT2D eigenvalue weighted by atomic mass is 19.1. The molecule has 0 unspecified atom stereocenters. The number of rotatable bonds is 6. The van der Waals surface area contributed by atoms with Crippen LogP contribution in [0.25, 0.3) is 0 Å². The molecule has 100 valence electrons. The van der Waals surface area contributed by atoms with Crippen molar-refractivity contribution in [2.45, 2.75) is 20.3 Å². The van der Waals surface area contributed by atoms with Crippen LogP contribution in [0.3, 0.4) is 0 Å². The van der Waals surface area contributed by atoms with Crippen molar-refractivity contribution in [2.24, 2.45) is 5.41 Å². The summed E-state index contributed by atoms with van der Waals surface area (Å²) < 4.78 is 18.2. The number of methoxy groups -OCH3 is 1. The first-order chi connectivity index (χ1) is 8.34. The number of aliphatic carboxylic acids is 1. The lowest BCUT2D eigenvalue weighted by Gasteiger charge is -2.23. The number of nitrogens with one attached hydrogen (secondary N) is 1. The van der Waals surface area contributed by atoms with E-state index in [4.69, 9.17) is 9.84 Å². The monoisotopic (exact) mass is 255 g/mol. The summed E-state index contributed by atoms with van der Waals surface area (Å²) in [5, 5.41) is 11.8. The van der Waals surface area contributed by atoms with Crippen molar-refractivity contribution in [2.75, 3.05) is 19.0 Å². The fourth-order valence-electron chi connectivity index (χ4n) is 1.59. The minimum atomic E-state index is -0.845. The lowest BCUT2D eigenvalue weighted by Crippen LogP contribution is -2.26. The maximum atomic E-state index is 13.4. The van der Waals surface area contributed by atoms with Crippen molar-refractivity contribution < 1.29 is 19.0 Å². The Morgan fingerprint density at radius 1 is 1.50 bits per heavy atom. The van der Waals surface area contributed by atoms with Gasteiger partial charge < -0.3 is 15.2 Å². The fourth-order valence-corrected chi connectivity index (χ4v) is 1.59. The molecule has 0 fully saturated rings. The molecule has 0 radical (unpaired) electrons. The van der Waals surface area contributed by atoms with E-state index in [-0.39, 0.29) is 12.2 Å². The zero-order chi connectivity index (χ0) is 13.8. The Morgan fingerprint density at radius 2 is 2.17 bits per heavy atom. The molecular weight excluding hydrogens is 237 g/mol. The van der Waals surface area contributed by atoms with Gasteiger partial charge in [-0.3, -0.25) is 4.79 Å². The molecule has 1 rings (SSSR count). The Morgan fingerprint density at radius 3 is 2.67 bits per heavy atom. The van der Waals surface area contributed by atoms with Gasteiger partial charge in [0.15, 0.2) is 11.6 Å². The summed E-state index contributed by atoms with van der Waals surface area (Å²) in [6, 6.07) is 4.55. The zero-order valence-electron chi connectivity index (χ0n) is 10.8. The average Bonchev–Trinajstić information content (AvgIpc) is 2.25. The van der Waals surface area contributed by atoms with E-state index in [0.29, 0.717) is 12.2 Å². The Hall–Kier alpha value is -1.78. The summed E-state index contributed by atoms with van der Waals surface area (Å²) in [6.45, 7) is 4.13. The molecule has 2 N–H and O–H groups in total. The highest BCUT2D eigenvalue weighted by molar-refractivity contribution is 5.67. The molecule has 0 saturated heterocycles. The summed E-state index contributed by atoms with van der Waals surface area (Å²) >= 11 is 0. The van der Waals surface area contributed by atoms with Crippen LogP contribution in [0.15, 0.2) is 18.2 Å². The van der Waals surface area contributed by atoms with E-state index in [2.05, 4.69) is 5.32 Å². The number of anilines is 1. The third-order valence-corrected chi connectivity index (χ3v) is 2.55. The molecule has 0 bridgehead atoms. The molecule has 0 aliphatic rings.